The third-order valence-electron chi connectivity index (χ3n) is 5.65. The molecule has 0 bridgehead atoms. The maximum atomic E-state index is 13.7. The minimum absolute atomic E-state index is 0.0648. The summed E-state index contributed by atoms with van der Waals surface area (Å²) in [5.41, 5.74) is 0.801. The fourth-order valence-electron chi connectivity index (χ4n) is 3.97. The largest absolute Gasteiger partial charge is 0.309 e. The number of halogens is 1. The van der Waals surface area contributed by atoms with E-state index >= 15 is 0 Å². The third-order valence-corrected chi connectivity index (χ3v) is 10.2. The molecule has 1 saturated heterocycles. The van der Waals surface area contributed by atoms with E-state index in [1.165, 1.54) is 27.0 Å². The molecule has 1 aliphatic rings. The topological polar surface area (TPSA) is 73.8 Å². The standard InChI is InChI=1S/C22H27ClN4O3S3/c1-25(2)10-5-12-27(22-24-18-9-8-17(23)14-19(18)32-22)21(28)16-6-3-11-26(15-16)33(29,30)20-7-4-13-31-20/h4,7-9,13-14,16H,3,5-6,10-12,15H2,1-2H3. The lowest BCUT2D eigenvalue weighted by atomic mass is 9.98. The molecule has 4 rings (SSSR count). The van der Waals surface area contributed by atoms with Gasteiger partial charge in [0.2, 0.25) is 5.91 Å². The molecule has 2 aromatic heterocycles. The van der Waals surface area contributed by atoms with Gasteiger partial charge >= 0.3 is 0 Å². The highest BCUT2D eigenvalue weighted by Gasteiger charge is 2.36. The van der Waals surface area contributed by atoms with E-state index in [4.69, 9.17) is 16.6 Å². The van der Waals surface area contributed by atoms with Gasteiger partial charge in [-0.15, -0.1) is 11.3 Å². The number of nitrogens with zero attached hydrogens (tertiary/aromatic N) is 4. The van der Waals surface area contributed by atoms with E-state index in [1.807, 2.05) is 26.2 Å². The summed E-state index contributed by atoms with van der Waals surface area (Å²) in [6, 6.07) is 8.86. The van der Waals surface area contributed by atoms with Crippen LogP contribution in [0.2, 0.25) is 5.02 Å². The average molecular weight is 527 g/mol. The molecule has 1 unspecified atom stereocenters. The third kappa shape index (κ3) is 5.58. The minimum atomic E-state index is -3.58. The second-order valence-electron chi connectivity index (χ2n) is 8.39. The van der Waals surface area contributed by atoms with Crippen molar-refractivity contribution < 1.29 is 13.2 Å². The van der Waals surface area contributed by atoms with Gasteiger partial charge in [-0.2, -0.15) is 4.31 Å². The van der Waals surface area contributed by atoms with E-state index in [1.54, 1.807) is 28.5 Å². The summed E-state index contributed by atoms with van der Waals surface area (Å²) in [4.78, 5) is 22.2. The van der Waals surface area contributed by atoms with Gasteiger partial charge in [-0.3, -0.25) is 9.69 Å². The van der Waals surface area contributed by atoms with Crippen LogP contribution in [-0.4, -0.2) is 68.8 Å². The van der Waals surface area contributed by atoms with E-state index in [2.05, 4.69) is 4.90 Å². The minimum Gasteiger partial charge on any atom is -0.309 e. The van der Waals surface area contributed by atoms with Crippen LogP contribution in [0.3, 0.4) is 0 Å². The summed E-state index contributed by atoms with van der Waals surface area (Å²) < 4.78 is 28.8. The van der Waals surface area contributed by atoms with Crippen molar-refractivity contribution in [2.45, 2.75) is 23.5 Å². The number of carbonyl (C=O) groups is 1. The van der Waals surface area contributed by atoms with E-state index in [0.29, 0.717) is 40.3 Å². The fraction of sp³-hybridized carbons (Fsp3) is 0.455. The summed E-state index contributed by atoms with van der Waals surface area (Å²) in [7, 11) is 0.418. The van der Waals surface area contributed by atoms with Crippen LogP contribution in [0.5, 0.6) is 0 Å². The molecule has 1 aliphatic heterocycles. The van der Waals surface area contributed by atoms with Gasteiger partial charge in [0.1, 0.15) is 4.21 Å². The molecule has 1 amide bonds. The van der Waals surface area contributed by atoms with Crippen LogP contribution in [-0.2, 0) is 14.8 Å². The molecule has 1 atom stereocenters. The van der Waals surface area contributed by atoms with E-state index in [0.717, 1.165) is 23.2 Å². The molecule has 1 aromatic carbocycles. The second kappa shape index (κ2) is 10.4. The molecule has 1 fully saturated rings. The fourth-order valence-corrected chi connectivity index (χ4v) is 7.91. The Hall–Kier alpha value is -1.56. The number of fused-ring (bicyclic) bond motifs is 1. The van der Waals surface area contributed by atoms with Crippen LogP contribution in [0, 0.1) is 5.92 Å². The average Bonchev–Trinajstić information content (AvgIpc) is 3.46. The Labute approximate surface area is 207 Å². The monoisotopic (exact) mass is 526 g/mol. The Morgan fingerprint density at radius 1 is 1.27 bits per heavy atom. The molecule has 0 radical (unpaired) electrons. The van der Waals surface area contributed by atoms with Crippen LogP contribution in [0.15, 0.2) is 39.9 Å². The number of carbonyl (C=O) groups excluding carboxylic acids is 1. The first-order valence-corrected chi connectivity index (χ1v) is 14.3. The van der Waals surface area contributed by atoms with Crippen molar-refractivity contribution in [2.75, 3.05) is 45.2 Å². The summed E-state index contributed by atoms with van der Waals surface area (Å²) in [6.07, 6.45) is 2.11. The predicted molar refractivity (Wildman–Crippen MR) is 136 cm³/mol. The van der Waals surface area contributed by atoms with Crippen molar-refractivity contribution in [3.63, 3.8) is 0 Å². The highest BCUT2D eigenvalue weighted by atomic mass is 35.5. The summed E-state index contributed by atoms with van der Waals surface area (Å²) in [5, 5.41) is 3.02. The molecular weight excluding hydrogens is 500 g/mol. The summed E-state index contributed by atoms with van der Waals surface area (Å²) in [5.74, 6) is -0.464. The van der Waals surface area contributed by atoms with Gasteiger partial charge < -0.3 is 4.90 Å². The van der Waals surface area contributed by atoms with Crippen molar-refractivity contribution >= 4 is 65.6 Å². The van der Waals surface area contributed by atoms with Crippen LogP contribution in [0.1, 0.15) is 19.3 Å². The molecule has 178 valence electrons. The van der Waals surface area contributed by atoms with Crippen molar-refractivity contribution in [1.82, 2.24) is 14.2 Å². The van der Waals surface area contributed by atoms with Gasteiger partial charge in [-0.25, -0.2) is 13.4 Å². The number of anilines is 1. The quantitative estimate of drug-likeness (QED) is 0.435. The normalized spacial score (nSPS) is 17.6. The molecule has 3 heterocycles. The number of sulfonamides is 1. The smallest absolute Gasteiger partial charge is 0.252 e. The van der Waals surface area contributed by atoms with Crippen molar-refractivity contribution in [3.8, 4) is 0 Å². The number of hydrogen-bond donors (Lipinski definition) is 0. The number of rotatable bonds is 8. The summed E-state index contributed by atoms with van der Waals surface area (Å²) >= 11 is 8.79. The maximum Gasteiger partial charge on any atom is 0.252 e. The number of piperidine rings is 1. The molecule has 33 heavy (non-hydrogen) atoms. The molecular formula is C22H27ClN4O3S3. The van der Waals surface area contributed by atoms with Crippen LogP contribution in [0.25, 0.3) is 10.2 Å². The van der Waals surface area contributed by atoms with E-state index < -0.39 is 15.9 Å². The van der Waals surface area contributed by atoms with Gasteiger partial charge in [0.15, 0.2) is 5.13 Å². The number of aromatic nitrogens is 1. The Bertz CT molecular complexity index is 1210. The number of thiazole rings is 1. The molecule has 0 saturated carbocycles. The predicted octanol–water partition coefficient (Wildman–Crippen LogP) is 4.40. The molecule has 11 heteroatoms. The lowest BCUT2D eigenvalue weighted by Gasteiger charge is -2.33. The molecule has 0 N–H and O–H groups in total. The molecule has 0 aliphatic carbocycles. The highest BCUT2D eigenvalue weighted by Crippen LogP contribution is 2.33. The first-order valence-electron chi connectivity index (χ1n) is 10.8. The van der Waals surface area contributed by atoms with E-state index in [-0.39, 0.29) is 12.5 Å². The Morgan fingerprint density at radius 2 is 2.09 bits per heavy atom. The zero-order valence-corrected chi connectivity index (χ0v) is 21.8. The first-order chi connectivity index (χ1) is 15.8. The Balaban J connectivity index is 1.58. The van der Waals surface area contributed by atoms with Crippen molar-refractivity contribution in [2.24, 2.45) is 5.92 Å². The molecule has 0 spiro atoms. The SMILES string of the molecule is CN(C)CCCN(C(=O)C1CCCN(S(=O)(=O)c2cccs2)C1)c1nc2ccc(Cl)cc2s1. The Morgan fingerprint density at radius 3 is 2.82 bits per heavy atom. The van der Waals surface area contributed by atoms with Gasteiger partial charge in [-0.1, -0.05) is 29.0 Å². The first kappa shape index (κ1) is 24.6. The maximum absolute atomic E-state index is 13.7. The number of benzene rings is 1. The van der Waals surface area contributed by atoms with E-state index in [9.17, 15) is 13.2 Å². The number of thiophene rings is 1. The lowest BCUT2D eigenvalue weighted by Crippen LogP contribution is -2.47. The zero-order valence-electron chi connectivity index (χ0n) is 18.6. The highest BCUT2D eigenvalue weighted by molar-refractivity contribution is 7.91. The van der Waals surface area contributed by atoms with Gasteiger partial charge in [0.05, 0.1) is 16.1 Å². The zero-order chi connectivity index (χ0) is 23.6. The van der Waals surface area contributed by atoms with Gasteiger partial charge in [-0.05, 0) is 69.5 Å². The Kier molecular flexibility index (Phi) is 7.72. The van der Waals surface area contributed by atoms with Crippen LogP contribution in [0.4, 0.5) is 5.13 Å². The van der Waals surface area contributed by atoms with Crippen LogP contribution >= 0.6 is 34.3 Å². The lowest BCUT2D eigenvalue weighted by molar-refractivity contribution is -0.123. The molecule has 7 nitrogen and oxygen atoms in total. The van der Waals surface area contributed by atoms with Gasteiger partial charge in [0.25, 0.3) is 10.0 Å². The molecule has 3 aromatic rings. The number of amides is 1. The van der Waals surface area contributed by atoms with Crippen LogP contribution < -0.4 is 4.90 Å². The number of hydrogen-bond acceptors (Lipinski definition) is 7. The van der Waals surface area contributed by atoms with Crippen molar-refractivity contribution in [1.29, 1.82) is 0 Å². The second-order valence-corrected chi connectivity index (χ2v) is 12.9. The summed E-state index contributed by atoms with van der Waals surface area (Å²) in [6.45, 7) is 1.99. The van der Waals surface area contributed by atoms with Gasteiger partial charge in [0, 0.05) is 24.7 Å². The van der Waals surface area contributed by atoms with Crippen molar-refractivity contribution in [3.05, 3.63) is 40.7 Å².